The topological polar surface area (TPSA) is 0 Å². The first-order chi connectivity index (χ1) is 3.13. The third kappa shape index (κ3) is 6.44. The molecule has 2 heteroatoms. The lowest BCUT2D eigenvalue weighted by Crippen LogP contribution is -1.75. The molecule has 0 amide bonds. The van der Waals surface area contributed by atoms with Crippen LogP contribution in [0.25, 0.3) is 0 Å². The fourth-order valence-electron chi connectivity index (χ4n) is 0.298. The van der Waals surface area contributed by atoms with Crippen molar-refractivity contribution in [2.24, 2.45) is 5.92 Å². The lowest BCUT2D eigenvalue weighted by atomic mass is 10.2. The van der Waals surface area contributed by atoms with Crippen molar-refractivity contribution in [3.8, 4) is 0 Å². The maximum absolute atomic E-state index is 3.96. The van der Waals surface area contributed by atoms with Crippen LogP contribution in [0.4, 0.5) is 0 Å². The number of thiol groups is 2. The van der Waals surface area contributed by atoms with Gasteiger partial charge in [0, 0.05) is 4.24 Å². The zero-order chi connectivity index (χ0) is 5.86. The standard InChI is InChI=1S/C5H10S2/c1-4(2)3-5(6)7/h3-4,6-7H,1-2H3. The molecule has 0 fully saturated rings. The van der Waals surface area contributed by atoms with E-state index < -0.39 is 0 Å². The smallest absolute Gasteiger partial charge is 0.0302 e. The molecule has 0 atom stereocenters. The molecule has 0 aromatic carbocycles. The first-order valence-electron chi connectivity index (χ1n) is 2.22. The molecular weight excluding hydrogens is 124 g/mol. The number of hydrogen-bond acceptors (Lipinski definition) is 2. The van der Waals surface area contributed by atoms with E-state index in [-0.39, 0.29) is 0 Å². The van der Waals surface area contributed by atoms with Crippen LogP contribution in [-0.4, -0.2) is 0 Å². The first kappa shape index (κ1) is 7.44. The van der Waals surface area contributed by atoms with Crippen LogP contribution in [0.5, 0.6) is 0 Å². The minimum absolute atomic E-state index is 0.560. The second kappa shape index (κ2) is 3.44. The van der Waals surface area contributed by atoms with Gasteiger partial charge in [0.15, 0.2) is 0 Å². The van der Waals surface area contributed by atoms with Gasteiger partial charge in [0.25, 0.3) is 0 Å². The molecule has 0 saturated heterocycles. The molecule has 7 heavy (non-hydrogen) atoms. The quantitative estimate of drug-likeness (QED) is 0.505. The molecule has 42 valence electrons. The van der Waals surface area contributed by atoms with Gasteiger partial charge in [-0.15, -0.1) is 25.3 Å². The van der Waals surface area contributed by atoms with Gasteiger partial charge < -0.3 is 0 Å². The average molecular weight is 134 g/mol. The summed E-state index contributed by atoms with van der Waals surface area (Å²) in [6, 6.07) is 0. The van der Waals surface area contributed by atoms with Crippen molar-refractivity contribution in [3.05, 3.63) is 10.3 Å². The third-order valence-electron chi connectivity index (χ3n) is 0.482. The molecule has 0 N–H and O–H groups in total. The molecule has 0 rings (SSSR count). The average Bonchev–Trinajstić information content (AvgIpc) is 1.27. The lowest BCUT2D eigenvalue weighted by molar-refractivity contribution is 0.833. The Morgan fingerprint density at radius 1 is 1.43 bits per heavy atom. The molecule has 0 heterocycles. The molecule has 0 spiro atoms. The minimum Gasteiger partial charge on any atom is -0.137 e. The van der Waals surface area contributed by atoms with Gasteiger partial charge in [0.2, 0.25) is 0 Å². The van der Waals surface area contributed by atoms with Crippen LogP contribution < -0.4 is 0 Å². The van der Waals surface area contributed by atoms with E-state index in [2.05, 4.69) is 39.1 Å². The highest BCUT2D eigenvalue weighted by atomic mass is 32.2. The zero-order valence-electron chi connectivity index (χ0n) is 4.55. The minimum atomic E-state index is 0.560. The van der Waals surface area contributed by atoms with Gasteiger partial charge in [-0.2, -0.15) is 0 Å². The van der Waals surface area contributed by atoms with Gasteiger partial charge in [-0.05, 0) is 5.92 Å². The highest BCUT2D eigenvalue weighted by Crippen LogP contribution is 2.08. The molecule has 0 unspecified atom stereocenters. The molecular formula is C5H10S2. The molecule has 0 bridgehead atoms. The van der Waals surface area contributed by atoms with Crippen LogP contribution in [0.2, 0.25) is 0 Å². The Kier molecular flexibility index (Phi) is 3.66. The summed E-state index contributed by atoms with van der Waals surface area (Å²) in [5.41, 5.74) is 0. The van der Waals surface area contributed by atoms with Crippen LogP contribution in [0.1, 0.15) is 13.8 Å². The number of rotatable bonds is 1. The Balaban J connectivity index is 3.45. The molecule has 0 aliphatic heterocycles. The van der Waals surface area contributed by atoms with E-state index in [0.29, 0.717) is 5.92 Å². The predicted octanol–water partition coefficient (Wildman–Crippen LogP) is 2.34. The van der Waals surface area contributed by atoms with E-state index >= 15 is 0 Å². The zero-order valence-corrected chi connectivity index (χ0v) is 6.34. The second-order valence-corrected chi connectivity index (χ2v) is 3.09. The van der Waals surface area contributed by atoms with Crippen LogP contribution in [0.15, 0.2) is 10.3 Å². The summed E-state index contributed by atoms with van der Waals surface area (Å²) in [4.78, 5) is 0. The number of allylic oxidation sites excluding steroid dienone is 1. The monoisotopic (exact) mass is 134 g/mol. The molecule has 0 saturated carbocycles. The Morgan fingerprint density at radius 2 is 1.86 bits per heavy atom. The number of hydrogen-bond donors (Lipinski definition) is 2. The van der Waals surface area contributed by atoms with Crippen LogP contribution in [-0.2, 0) is 0 Å². The van der Waals surface area contributed by atoms with Gasteiger partial charge in [-0.25, -0.2) is 0 Å². The lowest BCUT2D eigenvalue weighted by Gasteiger charge is -1.91. The van der Waals surface area contributed by atoms with Crippen molar-refractivity contribution in [2.45, 2.75) is 13.8 Å². The van der Waals surface area contributed by atoms with Crippen LogP contribution in [0.3, 0.4) is 0 Å². The summed E-state index contributed by atoms with van der Waals surface area (Å²) in [7, 11) is 0. The van der Waals surface area contributed by atoms with Crippen molar-refractivity contribution in [3.63, 3.8) is 0 Å². The molecule has 0 aliphatic rings. The van der Waals surface area contributed by atoms with E-state index in [1.807, 2.05) is 6.08 Å². The summed E-state index contributed by atoms with van der Waals surface area (Å²) in [5.74, 6) is 0.560. The molecule has 0 radical (unpaired) electrons. The third-order valence-corrected chi connectivity index (χ3v) is 0.781. The van der Waals surface area contributed by atoms with Crippen molar-refractivity contribution in [2.75, 3.05) is 0 Å². The summed E-state index contributed by atoms with van der Waals surface area (Å²) >= 11 is 7.93. The molecule has 0 nitrogen and oxygen atoms in total. The van der Waals surface area contributed by atoms with Gasteiger partial charge >= 0.3 is 0 Å². The largest absolute Gasteiger partial charge is 0.137 e. The summed E-state index contributed by atoms with van der Waals surface area (Å²) in [6.45, 7) is 4.18. The van der Waals surface area contributed by atoms with Gasteiger partial charge in [-0.3, -0.25) is 0 Å². The Hall–Kier alpha value is 0.440. The summed E-state index contributed by atoms with van der Waals surface area (Å²) in [5, 5.41) is 0. The van der Waals surface area contributed by atoms with Crippen molar-refractivity contribution in [1.82, 2.24) is 0 Å². The molecule has 0 aromatic rings. The summed E-state index contributed by atoms with van der Waals surface area (Å²) < 4.78 is 0.801. The van der Waals surface area contributed by atoms with Crippen molar-refractivity contribution < 1.29 is 0 Å². The highest BCUT2D eigenvalue weighted by molar-refractivity contribution is 8.05. The predicted molar refractivity (Wildman–Crippen MR) is 40.9 cm³/mol. The van der Waals surface area contributed by atoms with Gasteiger partial charge in [0.05, 0.1) is 0 Å². The highest BCUT2D eigenvalue weighted by Gasteiger charge is 1.83. The first-order valence-corrected chi connectivity index (χ1v) is 3.12. The SMILES string of the molecule is CC(C)C=C(S)S. The van der Waals surface area contributed by atoms with Crippen LogP contribution in [0, 0.1) is 5.92 Å². The molecule has 0 aromatic heterocycles. The molecule has 0 aliphatic carbocycles. The second-order valence-electron chi connectivity index (χ2n) is 1.77. The van der Waals surface area contributed by atoms with Crippen LogP contribution >= 0.6 is 25.3 Å². The van der Waals surface area contributed by atoms with E-state index in [1.54, 1.807) is 0 Å². The Labute approximate surface area is 55.8 Å². The van der Waals surface area contributed by atoms with E-state index in [0.717, 1.165) is 4.24 Å². The van der Waals surface area contributed by atoms with Gasteiger partial charge in [0.1, 0.15) is 0 Å². The van der Waals surface area contributed by atoms with Crippen molar-refractivity contribution >= 4 is 25.3 Å². The Morgan fingerprint density at radius 3 is 1.86 bits per heavy atom. The van der Waals surface area contributed by atoms with E-state index in [9.17, 15) is 0 Å². The fourth-order valence-corrected chi connectivity index (χ4v) is 0.894. The van der Waals surface area contributed by atoms with E-state index in [1.165, 1.54) is 0 Å². The summed E-state index contributed by atoms with van der Waals surface area (Å²) in [6.07, 6.45) is 1.98. The Bertz CT molecular complexity index is 70.1. The van der Waals surface area contributed by atoms with Gasteiger partial charge in [-0.1, -0.05) is 19.9 Å². The van der Waals surface area contributed by atoms with Crippen molar-refractivity contribution in [1.29, 1.82) is 0 Å². The normalized spacial score (nSPS) is 9.29. The maximum Gasteiger partial charge on any atom is 0.0302 e. The van der Waals surface area contributed by atoms with E-state index in [4.69, 9.17) is 0 Å². The maximum atomic E-state index is 3.96. The fraction of sp³-hybridized carbons (Fsp3) is 0.600.